The van der Waals surface area contributed by atoms with Crippen LogP contribution in [0.2, 0.25) is 5.02 Å². The van der Waals surface area contributed by atoms with Crippen molar-refractivity contribution in [3.63, 3.8) is 0 Å². The first-order chi connectivity index (χ1) is 10.1. The lowest BCUT2D eigenvalue weighted by Gasteiger charge is -2.14. The lowest BCUT2D eigenvalue weighted by molar-refractivity contribution is 0.297. The maximum atomic E-state index is 6.61. The highest BCUT2D eigenvalue weighted by Gasteiger charge is 2.21. The van der Waals surface area contributed by atoms with Crippen molar-refractivity contribution in [2.45, 2.75) is 18.7 Å². The van der Waals surface area contributed by atoms with Crippen LogP contribution in [0.15, 0.2) is 22.0 Å². The molecule has 1 aliphatic heterocycles. The third-order valence-electron chi connectivity index (χ3n) is 3.27. The van der Waals surface area contributed by atoms with E-state index in [1.165, 1.54) is 5.56 Å². The number of fused-ring (bicyclic) bond motifs is 1. The molecule has 0 N–H and O–H groups in total. The minimum atomic E-state index is -0.301. The van der Waals surface area contributed by atoms with Crippen molar-refractivity contribution < 1.29 is 9.47 Å². The van der Waals surface area contributed by atoms with E-state index in [9.17, 15) is 0 Å². The van der Waals surface area contributed by atoms with Crippen molar-refractivity contribution in [3.8, 4) is 11.5 Å². The largest absolute Gasteiger partial charge is 0.490 e. The van der Waals surface area contributed by atoms with Crippen molar-refractivity contribution in [3.05, 3.63) is 43.0 Å². The van der Waals surface area contributed by atoms with Crippen LogP contribution < -0.4 is 9.47 Å². The van der Waals surface area contributed by atoms with E-state index in [1.807, 2.05) is 13.0 Å². The summed E-state index contributed by atoms with van der Waals surface area (Å²) in [5.41, 5.74) is 2.02. The maximum absolute atomic E-state index is 6.61. The predicted molar refractivity (Wildman–Crippen MR) is 91.5 cm³/mol. The van der Waals surface area contributed by atoms with E-state index < -0.39 is 0 Å². The molecule has 112 valence electrons. The van der Waals surface area contributed by atoms with E-state index >= 15 is 0 Å². The summed E-state index contributed by atoms with van der Waals surface area (Å²) in [6.07, 6.45) is 0.864. The summed E-state index contributed by atoms with van der Waals surface area (Å²) in [5, 5.41) is 0.297. The SMILES string of the molecule is Cc1cc(C(Cl)c2cc3c(cc2Cl)OCCCO3)sc1Br. The lowest BCUT2D eigenvalue weighted by Crippen LogP contribution is -1.97. The molecule has 1 atom stereocenters. The monoisotopic (exact) mass is 406 g/mol. The van der Waals surface area contributed by atoms with Gasteiger partial charge in [0.25, 0.3) is 0 Å². The Kier molecular flexibility index (Phi) is 4.69. The highest BCUT2D eigenvalue weighted by atomic mass is 79.9. The summed E-state index contributed by atoms with van der Waals surface area (Å²) in [5.74, 6) is 1.40. The second-order valence-corrected chi connectivity index (χ2v) is 8.08. The zero-order valence-corrected chi connectivity index (χ0v) is 15.2. The van der Waals surface area contributed by atoms with Gasteiger partial charge in [0.2, 0.25) is 0 Å². The first-order valence-electron chi connectivity index (χ1n) is 6.55. The van der Waals surface area contributed by atoms with Gasteiger partial charge in [0.15, 0.2) is 11.5 Å². The molecule has 0 aliphatic carbocycles. The van der Waals surface area contributed by atoms with Gasteiger partial charge in [-0.05, 0) is 46.1 Å². The second-order valence-electron chi connectivity index (χ2n) is 4.84. The minimum Gasteiger partial charge on any atom is -0.490 e. The highest BCUT2D eigenvalue weighted by Crippen LogP contribution is 2.44. The van der Waals surface area contributed by atoms with Crippen LogP contribution >= 0.6 is 50.5 Å². The van der Waals surface area contributed by atoms with Crippen LogP contribution in [0.1, 0.15) is 27.8 Å². The van der Waals surface area contributed by atoms with Gasteiger partial charge >= 0.3 is 0 Å². The van der Waals surface area contributed by atoms with Crippen LogP contribution in [-0.4, -0.2) is 13.2 Å². The van der Waals surface area contributed by atoms with Crippen molar-refractivity contribution in [1.29, 1.82) is 0 Å². The fourth-order valence-corrected chi connectivity index (χ4v) is 4.42. The smallest absolute Gasteiger partial charge is 0.162 e. The van der Waals surface area contributed by atoms with Crippen molar-refractivity contribution in [1.82, 2.24) is 0 Å². The molecular weight excluding hydrogens is 395 g/mol. The third kappa shape index (κ3) is 3.19. The van der Waals surface area contributed by atoms with E-state index in [-0.39, 0.29) is 5.38 Å². The first-order valence-corrected chi connectivity index (χ1v) is 8.97. The van der Waals surface area contributed by atoms with E-state index in [4.69, 9.17) is 32.7 Å². The quantitative estimate of drug-likeness (QED) is 0.571. The molecular formula is C15H13BrCl2O2S. The minimum absolute atomic E-state index is 0.301. The Hall–Kier alpha value is -0.420. The predicted octanol–water partition coefficient (Wildman–Crippen LogP) is 5.96. The lowest BCUT2D eigenvalue weighted by atomic mass is 10.1. The van der Waals surface area contributed by atoms with Gasteiger partial charge in [-0.3, -0.25) is 0 Å². The van der Waals surface area contributed by atoms with Gasteiger partial charge in [-0.1, -0.05) is 11.6 Å². The first kappa shape index (κ1) is 15.5. The van der Waals surface area contributed by atoms with Crippen molar-refractivity contribution >= 4 is 50.5 Å². The number of thiophene rings is 1. The number of aryl methyl sites for hydroxylation is 1. The van der Waals surface area contributed by atoms with Crippen LogP contribution in [0.5, 0.6) is 11.5 Å². The fourth-order valence-electron chi connectivity index (χ4n) is 2.16. The third-order valence-corrected chi connectivity index (χ3v) is 6.39. The number of rotatable bonds is 2. The Morgan fingerprint density at radius 1 is 1.19 bits per heavy atom. The highest BCUT2D eigenvalue weighted by molar-refractivity contribution is 9.11. The number of hydrogen-bond acceptors (Lipinski definition) is 3. The van der Waals surface area contributed by atoms with Crippen molar-refractivity contribution in [2.75, 3.05) is 13.2 Å². The van der Waals surface area contributed by atoms with Crippen LogP contribution in [0.4, 0.5) is 0 Å². The maximum Gasteiger partial charge on any atom is 0.162 e. The van der Waals surface area contributed by atoms with E-state index in [1.54, 1.807) is 17.4 Å². The van der Waals surface area contributed by atoms with Gasteiger partial charge in [-0.25, -0.2) is 0 Å². The van der Waals surface area contributed by atoms with Gasteiger partial charge < -0.3 is 9.47 Å². The summed E-state index contributed by atoms with van der Waals surface area (Å²) < 4.78 is 12.4. The second kappa shape index (κ2) is 6.37. The Morgan fingerprint density at radius 2 is 1.86 bits per heavy atom. The summed E-state index contributed by atoms with van der Waals surface area (Å²) >= 11 is 18.1. The van der Waals surface area contributed by atoms with Gasteiger partial charge in [-0.15, -0.1) is 22.9 Å². The topological polar surface area (TPSA) is 18.5 Å². The molecule has 1 aromatic heterocycles. The zero-order chi connectivity index (χ0) is 15.0. The normalized spacial score (nSPS) is 15.6. The van der Waals surface area contributed by atoms with Gasteiger partial charge in [0.1, 0.15) is 0 Å². The van der Waals surface area contributed by atoms with Crippen molar-refractivity contribution in [2.24, 2.45) is 0 Å². The standard InChI is InChI=1S/C15H13BrCl2O2S/c1-8-5-13(21-15(8)16)14(18)9-6-11-12(7-10(9)17)20-4-2-3-19-11/h5-7,14H,2-4H2,1H3. The molecule has 0 fully saturated rings. The molecule has 0 spiro atoms. The number of halogens is 3. The Bertz CT molecular complexity index is 652. The Morgan fingerprint density at radius 3 is 2.48 bits per heavy atom. The van der Waals surface area contributed by atoms with Crippen LogP contribution in [0.25, 0.3) is 0 Å². The molecule has 0 amide bonds. The summed E-state index contributed by atoms with van der Waals surface area (Å²) in [7, 11) is 0. The van der Waals surface area contributed by atoms with Crippen LogP contribution in [-0.2, 0) is 0 Å². The molecule has 0 saturated heterocycles. The molecule has 1 unspecified atom stereocenters. The molecule has 3 rings (SSSR count). The number of ether oxygens (including phenoxy) is 2. The molecule has 1 aliphatic rings. The van der Waals surface area contributed by atoms with E-state index in [0.717, 1.165) is 20.6 Å². The molecule has 6 heteroatoms. The van der Waals surface area contributed by atoms with Gasteiger partial charge in [-0.2, -0.15) is 0 Å². The van der Waals surface area contributed by atoms with Gasteiger partial charge in [0, 0.05) is 22.4 Å². The molecule has 0 bridgehead atoms. The molecule has 21 heavy (non-hydrogen) atoms. The summed E-state index contributed by atoms with van der Waals surface area (Å²) in [4.78, 5) is 1.05. The average Bonchev–Trinajstić information content (AvgIpc) is 2.66. The fraction of sp³-hybridized carbons (Fsp3) is 0.333. The number of benzene rings is 1. The Balaban J connectivity index is 1.99. The molecule has 0 saturated carbocycles. The summed E-state index contributed by atoms with van der Waals surface area (Å²) in [6.45, 7) is 3.33. The number of alkyl halides is 1. The zero-order valence-electron chi connectivity index (χ0n) is 11.3. The van der Waals surface area contributed by atoms with Crippen LogP contribution in [0, 0.1) is 6.92 Å². The molecule has 2 heterocycles. The molecule has 1 aromatic carbocycles. The molecule has 2 nitrogen and oxygen atoms in total. The van der Waals surface area contributed by atoms with E-state index in [0.29, 0.717) is 29.7 Å². The Labute approximate surface area is 146 Å². The molecule has 0 radical (unpaired) electrons. The van der Waals surface area contributed by atoms with Gasteiger partial charge in [0.05, 0.1) is 22.4 Å². The van der Waals surface area contributed by atoms with E-state index in [2.05, 4.69) is 22.0 Å². The molecule has 2 aromatic rings. The van der Waals surface area contributed by atoms with Crippen LogP contribution in [0.3, 0.4) is 0 Å². The number of hydrogen-bond donors (Lipinski definition) is 0. The summed E-state index contributed by atoms with van der Waals surface area (Å²) in [6, 6.07) is 5.76. The average molecular weight is 408 g/mol.